The second kappa shape index (κ2) is 4.94. The SMILES string of the molecule is Clc1ccc(NC2CCC23CCCCC3)cc1Cl. The minimum Gasteiger partial charge on any atom is -0.382 e. The van der Waals surface area contributed by atoms with Crippen LogP contribution >= 0.6 is 23.2 Å². The van der Waals surface area contributed by atoms with E-state index in [0.29, 0.717) is 21.5 Å². The molecule has 0 aliphatic heterocycles. The number of benzene rings is 1. The Morgan fingerprint density at radius 2 is 1.78 bits per heavy atom. The van der Waals surface area contributed by atoms with Crippen molar-refractivity contribution in [2.45, 2.75) is 51.0 Å². The molecule has 2 aliphatic rings. The first-order valence-corrected chi connectivity index (χ1v) is 7.67. The Hall–Kier alpha value is -0.400. The summed E-state index contributed by atoms with van der Waals surface area (Å²) in [6.07, 6.45) is 9.70. The molecular formula is C15H19Cl2N. The third-order valence-electron chi connectivity index (χ3n) is 4.78. The number of hydrogen-bond acceptors (Lipinski definition) is 1. The lowest BCUT2D eigenvalue weighted by atomic mass is 9.57. The highest BCUT2D eigenvalue weighted by Crippen LogP contribution is 2.52. The normalized spacial score (nSPS) is 25.8. The van der Waals surface area contributed by atoms with Crippen LogP contribution in [0.4, 0.5) is 5.69 Å². The second-order valence-electron chi connectivity index (χ2n) is 5.79. The number of hydrogen-bond donors (Lipinski definition) is 1. The summed E-state index contributed by atoms with van der Waals surface area (Å²) in [5, 5.41) is 4.93. The summed E-state index contributed by atoms with van der Waals surface area (Å²) in [6.45, 7) is 0. The number of anilines is 1. The monoisotopic (exact) mass is 283 g/mol. The highest BCUT2D eigenvalue weighted by molar-refractivity contribution is 6.42. The Bertz CT molecular complexity index is 438. The fourth-order valence-corrected chi connectivity index (χ4v) is 3.86. The average molecular weight is 284 g/mol. The van der Waals surface area contributed by atoms with Crippen molar-refractivity contribution in [1.82, 2.24) is 0 Å². The molecule has 1 unspecified atom stereocenters. The predicted molar refractivity (Wildman–Crippen MR) is 78.6 cm³/mol. The van der Waals surface area contributed by atoms with Crippen LogP contribution in [0.1, 0.15) is 44.9 Å². The molecule has 1 aromatic rings. The van der Waals surface area contributed by atoms with E-state index in [4.69, 9.17) is 23.2 Å². The van der Waals surface area contributed by atoms with Gasteiger partial charge in [0.2, 0.25) is 0 Å². The van der Waals surface area contributed by atoms with E-state index < -0.39 is 0 Å². The van der Waals surface area contributed by atoms with E-state index in [-0.39, 0.29) is 0 Å². The van der Waals surface area contributed by atoms with Crippen molar-refractivity contribution in [3.05, 3.63) is 28.2 Å². The third-order valence-corrected chi connectivity index (χ3v) is 5.52. The molecule has 98 valence electrons. The van der Waals surface area contributed by atoms with Crippen LogP contribution in [0.2, 0.25) is 10.0 Å². The van der Waals surface area contributed by atoms with Crippen molar-refractivity contribution >= 4 is 28.9 Å². The van der Waals surface area contributed by atoms with E-state index in [0.717, 1.165) is 5.69 Å². The average Bonchev–Trinajstić information content (AvgIpc) is 2.40. The lowest BCUT2D eigenvalue weighted by Crippen LogP contribution is -2.50. The van der Waals surface area contributed by atoms with Gasteiger partial charge in [-0.15, -0.1) is 0 Å². The maximum absolute atomic E-state index is 6.06. The van der Waals surface area contributed by atoms with Crippen LogP contribution in [0, 0.1) is 5.41 Å². The van der Waals surface area contributed by atoms with Gasteiger partial charge < -0.3 is 5.32 Å². The van der Waals surface area contributed by atoms with Gasteiger partial charge in [0.1, 0.15) is 0 Å². The second-order valence-corrected chi connectivity index (χ2v) is 6.60. The van der Waals surface area contributed by atoms with Gasteiger partial charge in [-0.25, -0.2) is 0 Å². The lowest BCUT2D eigenvalue weighted by Gasteiger charge is -2.52. The van der Waals surface area contributed by atoms with Crippen LogP contribution in [-0.4, -0.2) is 6.04 Å². The molecule has 1 atom stereocenters. The van der Waals surface area contributed by atoms with Gasteiger partial charge in [-0.2, -0.15) is 0 Å². The maximum Gasteiger partial charge on any atom is 0.0612 e. The molecule has 0 aromatic heterocycles. The molecule has 3 heteroatoms. The molecule has 3 rings (SSSR count). The van der Waals surface area contributed by atoms with Crippen molar-refractivity contribution in [2.24, 2.45) is 5.41 Å². The van der Waals surface area contributed by atoms with E-state index >= 15 is 0 Å². The molecule has 1 aromatic carbocycles. The van der Waals surface area contributed by atoms with Gasteiger partial charge in [0, 0.05) is 11.7 Å². The first-order valence-electron chi connectivity index (χ1n) is 6.91. The van der Waals surface area contributed by atoms with Gasteiger partial charge in [0.15, 0.2) is 0 Å². The van der Waals surface area contributed by atoms with Gasteiger partial charge in [0.05, 0.1) is 10.0 Å². The van der Waals surface area contributed by atoms with Crippen molar-refractivity contribution in [3.8, 4) is 0 Å². The van der Waals surface area contributed by atoms with Crippen LogP contribution in [0.5, 0.6) is 0 Å². The summed E-state index contributed by atoms with van der Waals surface area (Å²) < 4.78 is 0. The zero-order valence-electron chi connectivity index (χ0n) is 10.5. The largest absolute Gasteiger partial charge is 0.382 e. The topological polar surface area (TPSA) is 12.0 Å². The number of nitrogens with one attached hydrogen (secondary N) is 1. The van der Waals surface area contributed by atoms with Gasteiger partial charge >= 0.3 is 0 Å². The van der Waals surface area contributed by atoms with E-state index in [1.807, 2.05) is 18.2 Å². The summed E-state index contributed by atoms with van der Waals surface area (Å²) in [5.74, 6) is 0. The zero-order valence-corrected chi connectivity index (χ0v) is 12.0. The van der Waals surface area contributed by atoms with Crippen LogP contribution in [0.25, 0.3) is 0 Å². The molecule has 18 heavy (non-hydrogen) atoms. The number of rotatable bonds is 2. The molecule has 0 saturated heterocycles. The molecule has 2 saturated carbocycles. The molecule has 2 aliphatic carbocycles. The molecule has 1 N–H and O–H groups in total. The first-order chi connectivity index (χ1) is 8.70. The molecule has 0 heterocycles. The van der Waals surface area contributed by atoms with E-state index in [9.17, 15) is 0 Å². The van der Waals surface area contributed by atoms with E-state index in [1.165, 1.54) is 44.9 Å². The highest BCUT2D eigenvalue weighted by atomic mass is 35.5. The van der Waals surface area contributed by atoms with Crippen molar-refractivity contribution in [3.63, 3.8) is 0 Å². The predicted octanol–water partition coefficient (Wildman–Crippen LogP) is 5.52. The van der Waals surface area contributed by atoms with E-state index in [1.54, 1.807) is 0 Å². The molecule has 1 nitrogen and oxygen atoms in total. The molecule has 0 radical (unpaired) electrons. The lowest BCUT2D eigenvalue weighted by molar-refractivity contribution is 0.0571. The zero-order chi connectivity index (χ0) is 12.6. The van der Waals surface area contributed by atoms with Crippen molar-refractivity contribution in [2.75, 3.05) is 5.32 Å². The van der Waals surface area contributed by atoms with Crippen molar-refractivity contribution < 1.29 is 0 Å². The Morgan fingerprint density at radius 3 is 2.39 bits per heavy atom. The molecule has 1 spiro atoms. The van der Waals surface area contributed by atoms with Crippen LogP contribution in [0.3, 0.4) is 0 Å². The molecule has 0 bridgehead atoms. The Labute approximate surface area is 119 Å². The summed E-state index contributed by atoms with van der Waals surface area (Å²) in [7, 11) is 0. The van der Waals surface area contributed by atoms with Gasteiger partial charge in [-0.1, -0.05) is 42.5 Å². The smallest absolute Gasteiger partial charge is 0.0612 e. The Morgan fingerprint density at radius 1 is 1.00 bits per heavy atom. The highest BCUT2D eigenvalue weighted by Gasteiger charge is 2.46. The molecular weight excluding hydrogens is 265 g/mol. The standard InChI is InChI=1S/C15H19Cl2N/c16-12-5-4-11(10-13(12)17)18-14-6-9-15(14)7-2-1-3-8-15/h4-5,10,14,18H,1-3,6-9H2. The fraction of sp³-hybridized carbons (Fsp3) is 0.600. The summed E-state index contributed by atoms with van der Waals surface area (Å²) in [6, 6.07) is 6.48. The number of halogens is 2. The first kappa shape index (κ1) is 12.6. The van der Waals surface area contributed by atoms with Crippen LogP contribution in [-0.2, 0) is 0 Å². The fourth-order valence-electron chi connectivity index (χ4n) is 3.56. The quantitative estimate of drug-likeness (QED) is 0.754. The van der Waals surface area contributed by atoms with Gasteiger partial charge in [0.25, 0.3) is 0 Å². The van der Waals surface area contributed by atoms with Crippen LogP contribution < -0.4 is 5.32 Å². The maximum atomic E-state index is 6.06. The third kappa shape index (κ3) is 2.23. The van der Waals surface area contributed by atoms with E-state index in [2.05, 4.69) is 5.32 Å². The Kier molecular flexibility index (Phi) is 3.46. The van der Waals surface area contributed by atoms with Crippen LogP contribution in [0.15, 0.2) is 18.2 Å². The summed E-state index contributed by atoms with van der Waals surface area (Å²) in [5.41, 5.74) is 1.68. The Balaban J connectivity index is 1.70. The molecule has 2 fully saturated rings. The van der Waals surface area contributed by atoms with Crippen molar-refractivity contribution in [1.29, 1.82) is 0 Å². The van der Waals surface area contributed by atoms with Gasteiger partial charge in [-0.05, 0) is 49.3 Å². The minimum atomic E-state index is 0.574. The summed E-state index contributed by atoms with van der Waals surface area (Å²) >= 11 is 12.0. The minimum absolute atomic E-state index is 0.574. The molecule has 0 amide bonds. The van der Waals surface area contributed by atoms with Gasteiger partial charge in [-0.3, -0.25) is 0 Å². The summed E-state index contributed by atoms with van der Waals surface area (Å²) in [4.78, 5) is 0.